The first kappa shape index (κ1) is 9.08. The van der Waals surface area contributed by atoms with Gasteiger partial charge in [0.15, 0.2) is 0 Å². The minimum atomic E-state index is -0.0521. The maximum atomic E-state index is 10.7. The molecule has 0 aromatic carbocycles. The van der Waals surface area contributed by atoms with Crippen LogP contribution in [0.1, 0.15) is 13.3 Å². The lowest BCUT2D eigenvalue weighted by Gasteiger charge is -2.01. The van der Waals surface area contributed by atoms with Crippen molar-refractivity contribution < 1.29 is 4.79 Å². The number of nitrogens with zero attached hydrogens (tertiary/aromatic N) is 1. The van der Waals surface area contributed by atoms with Crippen molar-refractivity contribution in [2.45, 2.75) is 13.3 Å². The number of ketones is 1. The summed E-state index contributed by atoms with van der Waals surface area (Å²) >= 11 is 0. The number of hydrogen-bond donors (Lipinski definition) is 0. The minimum absolute atomic E-state index is 0.0521. The first-order valence-corrected chi connectivity index (χ1v) is 3.26. The summed E-state index contributed by atoms with van der Waals surface area (Å²) < 4.78 is 0. The molecular formula is C8H13NO. The van der Waals surface area contributed by atoms with Gasteiger partial charge < -0.3 is 4.99 Å². The summed E-state index contributed by atoms with van der Waals surface area (Å²) in [6.07, 6.45) is 4.06. The molecule has 0 spiro atoms. The monoisotopic (exact) mass is 139 g/mol. The van der Waals surface area contributed by atoms with Crippen molar-refractivity contribution in [2.24, 2.45) is 10.9 Å². The highest BCUT2D eigenvalue weighted by atomic mass is 16.1. The molecule has 0 N–H and O–H groups in total. The third kappa shape index (κ3) is 3.17. The van der Waals surface area contributed by atoms with Crippen molar-refractivity contribution in [3.8, 4) is 0 Å². The Balaban J connectivity index is 3.83. The molecule has 2 nitrogen and oxygen atoms in total. The maximum absolute atomic E-state index is 10.7. The Morgan fingerprint density at radius 1 is 1.80 bits per heavy atom. The average Bonchev–Trinajstić information content (AvgIpc) is 1.89. The predicted octanol–water partition coefficient (Wildman–Crippen LogP) is 1.47. The molecule has 0 saturated heterocycles. The van der Waals surface area contributed by atoms with Gasteiger partial charge in [0, 0.05) is 13.0 Å². The molecule has 1 atom stereocenters. The van der Waals surface area contributed by atoms with Crippen LogP contribution in [0.15, 0.2) is 17.6 Å². The van der Waals surface area contributed by atoms with Crippen molar-refractivity contribution in [1.82, 2.24) is 0 Å². The molecule has 0 radical (unpaired) electrons. The minimum Gasteiger partial charge on any atom is -0.301 e. The van der Waals surface area contributed by atoms with Crippen LogP contribution in [0, 0.1) is 5.92 Å². The quantitative estimate of drug-likeness (QED) is 0.428. The summed E-state index contributed by atoms with van der Waals surface area (Å²) in [6.45, 7) is 5.12. The smallest absolute Gasteiger partial charge is 0.137 e. The van der Waals surface area contributed by atoms with Gasteiger partial charge in [-0.1, -0.05) is 6.08 Å². The van der Waals surface area contributed by atoms with E-state index in [1.54, 1.807) is 26.3 Å². The highest BCUT2D eigenvalue weighted by molar-refractivity contribution is 5.82. The van der Waals surface area contributed by atoms with Crippen LogP contribution in [0.4, 0.5) is 0 Å². The molecule has 10 heavy (non-hydrogen) atoms. The third-order valence-corrected chi connectivity index (χ3v) is 1.35. The van der Waals surface area contributed by atoms with Gasteiger partial charge in [-0.05, 0) is 19.6 Å². The van der Waals surface area contributed by atoms with Crippen molar-refractivity contribution in [3.05, 3.63) is 12.7 Å². The fraction of sp³-hybridized carbons (Fsp3) is 0.500. The maximum Gasteiger partial charge on any atom is 0.137 e. The molecule has 0 aromatic rings. The summed E-state index contributed by atoms with van der Waals surface area (Å²) in [6, 6.07) is 0. The van der Waals surface area contributed by atoms with E-state index in [2.05, 4.69) is 11.6 Å². The molecule has 0 amide bonds. The lowest BCUT2D eigenvalue weighted by atomic mass is 10.0. The Morgan fingerprint density at radius 2 is 2.40 bits per heavy atom. The van der Waals surface area contributed by atoms with E-state index >= 15 is 0 Å². The summed E-state index contributed by atoms with van der Waals surface area (Å²) in [4.78, 5) is 14.5. The topological polar surface area (TPSA) is 29.4 Å². The molecule has 0 rings (SSSR count). The van der Waals surface area contributed by atoms with Crippen LogP contribution in [0.3, 0.4) is 0 Å². The van der Waals surface area contributed by atoms with E-state index in [1.807, 2.05) is 0 Å². The fourth-order valence-corrected chi connectivity index (χ4v) is 0.647. The zero-order valence-corrected chi connectivity index (χ0v) is 6.50. The van der Waals surface area contributed by atoms with Crippen LogP contribution < -0.4 is 0 Å². The second-order valence-corrected chi connectivity index (χ2v) is 2.13. The Labute approximate surface area is 61.7 Å². The van der Waals surface area contributed by atoms with Crippen LogP contribution in [0.5, 0.6) is 0 Å². The van der Waals surface area contributed by atoms with Gasteiger partial charge in [0.25, 0.3) is 0 Å². The van der Waals surface area contributed by atoms with Crippen molar-refractivity contribution in [3.63, 3.8) is 0 Å². The normalized spacial score (nSPS) is 13.4. The lowest BCUT2D eigenvalue weighted by molar-refractivity contribution is -0.119. The number of aliphatic imine (C=N–C) groups is 1. The van der Waals surface area contributed by atoms with Crippen molar-refractivity contribution in [2.75, 3.05) is 7.05 Å². The lowest BCUT2D eigenvalue weighted by Crippen LogP contribution is -2.07. The van der Waals surface area contributed by atoms with Crippen molar-refractivity contribution >= 4 is 12.0 Å². The number of allylic oxidation sites excluding steroid dienone is 1. The Kier molecular flexibility index (Phi) is 4.46. The average molecular weight is 139 g/mol. The van der Waals surface area contributed by atoms with Gasteiger partial charge in [0.1, 0.15) is 5.78 Å². The Hall–Kier alpha value is -0.920. The van der Waals surface area contributed by atoms with Gasteiger partial charge >= 0.3 is 0 Å². The molecule has 0 aromatic heterocycles. The summed E-state index contributed by atoms with van der Waals surface area (Å²) in [5.41, 5.74) is 0. The van der Waals surface area contributed by atoms with Gasteiger partial charge in [-0.2, -0.15) is 0 Å². The van der Waals surface area contributed by atoms with E-state index < -0.39 is 0 Å². The molecule has 0 aliphatic rings. The van der Waals surface area contributed by atoms with Gasteiger partial charge in [0.05, 0.1) is 0 Å². The first-order chi connectivity index (χ1) is 4.72. The number of carbonyl (C=O) groups is 1. The van der Waals surface area contributed by atoms with Gasteiger partial charge in [-0.15, -0.1) is 6.58 Å². The number of hydrogen-bond acceptors (Lipinski definition) is 2. The van der Waals surface area contributed by atoms with Crippen LogP contribution in [0.25, 0.3) is 0 Å². The predicted molar refractivity (Wildman–Crippen MR) is 43.4 cm³/mol. The Morgan fingerprint density at radius 3 is 2.70 bits per heavy atom. The van der Waals surface area contributed by atoms with E-state index in [9.17, 15) is 4.79 Å². The SMILES string of the molecule is C=CC(CC=NC)C(C)=O. The highest BCUT2D eigenvalue weighted by Gasteiger charge is 2.06. The van der Waals surface area contributed by atoms with E-state index in [0.29, 0.717) is 6.42 Å². The zero-order valence-electron chi connectivity index (χ0n) is 6.50. The van der Waals surface area contributed by atoms with Crippen LogP contribution >= 0.6 is 0 Å². The summed E-state index contributed by atoms with van der Waals surface area (Å²) in [5.74, 6) is 0.0959. The molecule has 0 fully saturated rings. The van der Waals surface area contributed by atoms with E-state index in [1.165, 1.54) is 0 Å². The standard InChI is InChI=1S/C8H13NO/c1-4-8(7(2)10)5-6-9-3/h4,6,8H,1,5H2,2-3H3. The molecule has 56 valence electrons. The third-order valence-electron chi connectivity index (χ3n) is 1.35. The van der Waals surface area contributed by atoms with Crippen LogP contribution in [0.2, 0.25) is 0 Å². The van der Waals surface area contributed by atoms with Gasteiger partial charge in [0.2, 0.25) is 0 Å². The molecule has 0 aliphatic heterocycles. The van der Waals surface area contributed by atoms with E-state index in [0.717, 1.165) is 0 Å². The second-order valence-electron chi connectivity index (χ2n) is 2.13. The number of Topliss-reactive ketones (excluding diaryl/α,β-unsaturated/α-hetero) is 1. The molecule has 0 aliphatic carbocycles. The van der Waals surface area contributed by atoms with Gasteiger partial charge in [-0.25, -0.2) is 0 Å². The van der Waals surface area contributed by atoms with Crippen LogP contribution in [-0.4, -0.2) is 19.0 Å². The van der Waals surface area contributed by atoms with Crippen LogP contribution in [-0.2, 0) is 4.79 Å². The van der Waals surface area contributed by atoms with Crippen molar-refractivity contribution in [1.29, 1.82) is 0 Å². The molecule has 0 heterocycles. The second kappa shape index (κ2) is 4.91. The first-order valence-electron chi connectivity index (χ1n) is 3.26. The molecule has 2 heteroatoms. The number of rotatable bonds is 4. The largest absolute Gasteiger partial charge is 0.301 e. The Bertz CT molecular complexity index is 149. The molecule has 0 saturated carbocycles. The molecule has 1 unspecified atom stereocenters. The summed E-state index contributed by atoms with van der Waals surface area (Å²) in [5, 5.41) is 0. The van der Waals surface area contributed by atoms with Gasteiger partial charge in [-0.3, -0.25) is 4.79 Å². The zero-order chi connectivity index (χ0) is 7.98. The summed E-state index contributed by atoms with van der Waals surface area (Å²) in [7, 11) is 1.69. The molecule has 0 bridgehead atoms. The fourth-order valence-electron chi connectivity index (χ4n) is 0.647. The highest BCUT2D eigenvalue weighted by Crippen LogP contribution is 2.02. The number of carbonyl (C=O) groups excluding carboxylic acids is 1. The molecular weight excluding hydrogens is 126 g/mol. The van der Waals surface area contributed by atoms with E-state index in [4.69, 9.17) is 0 Å². The van der Waals surface area contributed by atoms with E-state index in [-0.39, 0.29) is 11.7 Å².